The van der Waals surface area contributed by atoms with E-state index >= 15 is 0 Å². The number of nitrogens with two attached hydrogens (primary N) is 1. The van der Waals surface area contributed by atoms with Crippen LogP contribution in [0.15, 0.2) is 18.2 Å². The van der Waals surface area contributed by atoms with Crippen LogP contribution in [0.2, 0.25) is 5.02 Å². The van der Waals surface area contributed by atoms with Gasteiger partial charge in [0, 0.05) is 11.3 Å². The molecule has 2 aromatic rings. The molecular formula is C13H18ClN5. The molecule has 0 amide bonds. The van der Waals surface area contributed by atoms with Crippen molar-refractivity contribution in [2.45, 2.75) is 33.7 Å². The minimum absolute atomic E-state index is 0.0460. The highest BCUT2D eigenvalue weighted by Crippen LogP contribution is 2.34. The largest absolute Gasteiger partial charge is 0.399 e. The first-order valence-electron chi connectivity index (χ1n) is 6.14. The molecule has 0 spiro atoms. The van der Waals surface area contributed by atoms with Gasteiger partial charge in [-0.3, -0.25) is 0 Å². The summed E-state index contributed by atoms with van der Waals surface area (Å²) in [6.07, 6.45) is 0. The number of tetrazole rings is 1. The summed E-state index contributed by atoms with van der Waals surface area (Å²) in [7, 11) is 0. The normalized spacial score (nSPS) is 13.5. The second kappa shape index (κ2) is 4.81. The van der Waals surface area contributed by atoms with Gasteiger partial charge >= 0.3 is 0 Å². The summed E-state index contributed by atoms with van der Waals surface area (Å²) in [5.74, 6) is 0.660. The van der Waals surface area contributed by atoms with Gasteiger partial charge in [0.05, 0.1) is 11.1 Å². The van der Waals surface area contributed by atoms with Gasteiger partial charge in [0.2, 0.25) is 0 Å². The summed E-state index contributed by atoms with van der Waals surface area (Å²) in [6, 6.07) is 5.49. The Morgan fingerprint density at radius 2 is 2.00 bits per heavy atom. The van der Waals surface area contributed by atoms with E-state index in [0.717, 1.165) is 5.56 Å². The van der Waals surface area contributed by atoms with E-state index in [0.29, 0.717) is 16.5 Å². The van der Waals surface area contributed by atoms with Crippen molar-refractivity contribution < 1.29 is 0 Å². The molecule has 2 rings (SSSR count). The summed E-state index contributed by atoms with van der Waals surface area (Å²) in [6.45, 7) is 8.53. The fourth-order valence-electron chi connectivity index (χ4n) is 1.71. The maximum absolute atomic E-state index is 6.22. The van der Waals surface area contributed by atoms with Gasteiger partial charge in [-0.15, -0.1) is 5.10 Å². The Hall–Kier alpha value is -1.62. The van der Waals surface area contributed by atoms with E-state index in [-0.39, 0.29) is 11.5 Å². The van der Waals surface area contributed by atoms with Crippen LogP contribution in [0.1, 0.15) is 33.7 Å². The Labute approximate surface area is 117 Å². The first-order chi connectivity index (χ1) is 8.80. The molecule has 0 saturated heterocycles. The van der Waals surface area contributed by atoms with Gasteiger partial charge in [-0.05, 0) is 41.0 Å². The highest BCUT2D eigenvalue weighted by atomic mass is 35.5. The highest BCUT2D eigenvalue weighted by molar-refractivity contribution is 6.33. The van der Waals surface area contributed by atoms with Crippen molar-refractivity contribution in [3.8, 4) is 11.4 Å². The standard InChI is InChI=1S/C13H18ClN5/c1-8(13(2,3)4)19-12(16-17-18-19)10-6-5-9(15)7-11(10)14/h5-8H,15H2,1-4H3. The van der Waals surface area contributed by atoms with E-state index in [4.69, 9.17) is 17.3 Å². The van der Waals surface area contributed by atoms with Gasteiger partial charge in [0.15, 0.2) is 5.82 Å². The molecule has 1 atom stereocenters. The third kappa shape index (κ3) is 2.71. The van der Waals surface area contributed by atoms with E-state index in [1.54, 1.807) is 16.8 Å². The van der Waals surface area contributed by atoms with E-state index < -0.39 is 0 Å². The van der Waals surface area contributed by atoms with Crippen molar-refractivity contribution in [1.82, 2.24) is 20.2 Å². The van der Waals surface area contributed by atoms with Crippen molar-refractivity contribution in [3.63, 3.8) is 0 Å². The average molecular weight is 280 g/mol. The molecule has 0 fully saturated rings. The average Bonchev–Trinajstić information content (AvgIpc) is 2.75. The number of halogens is 1. The van der Waals surface area contributed by atoms with Gasteiger partial charge in [-0.25, -0.2) is 4.68 Å². The van der Waals surface area contributed by atoms with Crippen LogP contribution >= 0.6 is 11.6 Å². The monoisotopic (exact) mass is 279 g/mol. The van der Waals surface area contributed by atoms with Gasteiger partial charge in [0.1, 0.15) is 0 Å². The molecule has 1 aromatic heterocycles. The molecule has 19 heavy (non-hydrogen) atoms. The van der Waals surface area contributed by atoms with Crippen LogP contribution in [-0.2, 0) is 0 Å². The first kappa shape index (κ1) is 13.8. The second-order valence-corrected chi connectivity index (χ2v) is 6.14. The maximum Gasteiger partial charge on any atom is 0.183 e. The minimum atomic E-state index is 0.0460. The lowest BCUT2D eigenvalue weighted by Crippen LogP contribution is -2.23. The molecule has 102 valence electrons. The zero-order valence-corrected chi connectivity index (χ0v) is 12.3. The Balaban J connectivity index is 2.50. The van der Waals surface area contributed by atoms with Crippen molar-refractivity contribution in [1.29, 1.82) is 0 Å². The molecule has 2 N–H and O–H groups in total. The Kier molecular flexibility index (Phi) is 3.49. The van der Waals surface area contributed by atoms with Crippen molar-refractivity contribution >= 4 is 17.3 Å². The Morgan fingerprint density at radius 3 is 2.58 bits per heavy atom. The van der Waals surface area contributed by atoms with Crippen LogP contribution in [0.5, 0.6) is 0 Å². The second-order valence-electron chi connectivity index (χ2n) is 5.73. The predicted molar refractivity (Wildman–Crippen MR) is 76.8 cm³/mol. The topological polar surface area (TPSA) is 69.6 Å². The Bertz CT molecular complexity index is 585. The molecule has 1 aromatic carbocycles. The number of aromatic nitrogens is 4. The zero-order valence-electron chi connectivity index (χ0n) is 11.6. The number of anilines is 1. The number of hydrogen-bond acceptors (Lipinski definition) is 4. The number of benzene rings is 1. The van der Waals surface area contributed by atoms with Crippen LogP contribution in [0.3, 0.4) is 0 Å². The molecule has 0 bridgehead atoms. The van der Waals surface area contributed by atoms with E-state index in [1.165, 1.54) is 0 Å². The number of hydrogen-bond donors (Lipinski definition) is 1. The third-order valence-electron chi connectivity index (χ3n) is 3.35. The van der Waals surface area contributed by atoms with Crippen molar-refractivity contribution in [2.75, 3.05) is 5.73 Å². The fourth-order valence-corrected chi connectivity index (χ4v) is 1.98. The molecule has 0 aliphatic heterocycles. The molecular weight excluding hydrogens is 262 g/mol. The van der Waals surface area contributed by atoms with E-state index in [2.05, 4.69) is 43.2 Å². The molecule has 5 nitrogen and oxygen atoms in total. The van der Waals surface area contributed by atoms with E-state index in [9.17, 15) is 0 Å². The number of nitrogen functional groups attached to an aromatic ring is 1. The van der Waals surface area contributed by atoms with Crippen LogP contribution in [0.25, 0.3) is 11.4 Å². The minimum Gasteiger partial charge on any atom is -0.399 e. The van der Waals surface area contributed by atoms with E-state index in [1.807, 2.05) is 6.07 Å². The smallest absolute Gasteiger partial charge is 0.183 e. The first-order valence-corrected chi connectivity index (χ1v) is 6.52. The predicted octanol–water partition coefficient (Wildman–Crippen LogP) is 3.18. The fraction of sp³-hybridized carbons (Fsp3) is 0.462. The van der Waals surface area contributed by atoms with Crippen LogP contribution in [-0.4, -0.2) is 20.2 Å². The van der Waals surface area contributed by atoms with Gasteiger partial charge in [-0.1, -0.05) is 32.4 Å². The summed E-state index contributed by atoms with van der Waals surface area (Å²) < 4.78 is 1.80. The lowest BCUT2D eigenvalue weighted by atomic mass is 9.88. The van der Waals surface area contributed by atoms with Crippen LogP contribution in [0.4, 0.5) is 5.69 Å². The quantitative estimate of drug-likeness (QED) is 0.857. The molecule has 6 heteroatoms. The summed E-state index contributed by atoms with van der Waals surface area (Å²) in [5, 5.41) is 12.5. The third-order valence-corrected chi connectivity index (χ3v) is 3.66. The molecule has 0 aliphatic carbocycles. The molecule has 0 aliphatic rings. The van der Waals surface area contributed by atoms with Gasteiger partial charge in [0.25, 0.3) is 0 Å². The lowest BCUT2D eigenvalue weighted by Gasteiger charge is -2.27. The van der Waals surface area contributed by atoms with Crippen molar-refractivity contribution in [3.05, 3.63) is 23.2 Å². The number of nitrogens with zero attached hydrogens (tertiary/aromatic N) is 4. The molecule has 0 radical (unpaired) electrons. The molecule has 1 heterocycles. The lowest BCUT2D eigenvalue weighted by molar-refractivity contribution is 0.243. The summed E-state index contributed by atoms with van der Waals surface area (Å²) >= 11 is 6.22. The summed E-state index contributed by atoms with van der Waals surface area (Å²) in [5.41, 5.74) is 7.16. The van der Waals surface area contributed by atoms with Gasteiger partial charge < -0.3 is 5.73 Å². The van der Waals surface area contributed by atoms with Crippen LogP contribution < -0.4 is 5.73 Å². The molecule has 0 saturated carbocycles. The SMILES string of the molecule is CC(n1nnnc1-c1ccc(N)cc1Cl)C(C)(C)C. The zero-order chi connectivity index (χ0) is 14.2. The van der Waals surface area contributed by atoms with Crippen molar-refractivity contribution in [2.24, 2.45) is 5.41 Å². The number of rotatable bonds is 2. The van der Waals surface area contributed by atoms with Gasteiger partial charge in [-0.2, -0.15) is 0 Å². The highest BCUT2D eigenvalue weighted by Gasteiger charge is 2.26. The summed E-state index contributed by atoms with van der Waals surface area (Å²) in [4.78, 5) is 0. The molecule has 1 unspecified atom stereocenters. The maximum atomic E-state index is 6.22. The van der Waals surface area contributed by atoms with Crippen LogP contribution in [0, 0.1) is 5.41 Å². The Morgan fingerprint density at radius 1 is 1.32 bits per heavy atom.